The molecule has 0 N–H and O–H groups in total. The van der Waals surface area contributed by atoms with Gasteiger partial charge in [-0.15, -0.1) is 0 Å². The first kappa shape index (κ1) is 13.1. The van der Waals surface area contributed by atoms with Gasteiger partial charge in [0.05, 0.1) is 13.5 Å². The third-order valence-electron chi connectivity index (χ3n) is 3.05. The van der Waals surface area contributed by atoms with Gasteiger partial charge in [-0.1, -0.05) is 36.4 Å². The molecule has 0 unspecified atom stereocenters. The van der Waals surface area contributed by atoms with Crippen LogP contribution in [-0.4, -0.2) is 20.1 Å². The number of hydrogen-bond donors (Lipinski definition) is 0. The first-order chi connectivity index (χ1) is 9.22. The molecule has 0 aliphatic heterocycles. The van der Waals surface area contributed by atoms with Crippen LogP contribution < -0.4 is 9.64 Å². The molecule has 0 aliphatic carbocycles. The van der Waals surface area contributed by atoms with Crippen molar-refractivity contribution in [2.45, 2.75) is 6.42 Å². The molecule has 2 aromatic carbocycles. The van der Waals surface area contributed by atoms with E-state index >= 15 is 0 Å². The summed E-state index contributed by atoms with van der Waals surface area (Å²) in [5, 5.41) is 0. The van der Waals surface area contributed by atoms with Crippen molar-refractivity contribution >= 4 is 11.6 Å². The number of rotatable bonds is 4. The van der Waals surface area contributed by atoms with Crippen molar-refractivity contribution in [1.29, 1.82) is 0 Å². The molecule has 0 bridgehead atoms. The fraction of sp³-hybridized carbons (Fsp3) is 0.188. The minimum atomic E-state index is 0.0377. The number of benzene rings is 2. The first-order valence-electron chi connectivity index (χ1n) is 6.16. The zero-order chi connectivity index (χ0) is 13.7. The van der Waals surface area contributed by atoms with Gasteiger partial charge >= 0.3 is 0 Å². The van der Waals surface area contributed by atoms with E-state index in [9.17, 15) is 4.79 Å². The number of carbonyl (C=O) groups is 1. The average Bonchev–Trinajstić information content (AvgIpc) is 2.48. The standard InChI is InChI=1S/C16H17NO2/c1-17(14-9-4-3-5-10-14)16(18)12-13-8-6-7-11-15(13)19-2/h3-11H,12H2,1-2H3. The molecule has 98 valence electrons. The monoisotopic (exact) mass is 255 g/mol. The van der Waals surface area contributed by atoms with Gasteiger partial charge in [-0.3, -0.25) is 4.79 Å². The predicted octanol–water partition coefficient (Wildman–Crippen LogP) is 2.90. The largest absolute Gasteiger partial charge is 0.496 e. The number of amides is 1. The van der Waals surface area contributed by atoms with E-state index in [1.807, 2.05) is 54.6 Å². The summed E-state index contributed by atoms with van der Waals surface area (Å²) in [5.74, 6) is 0.785. The lowest BCUT2D eigenvalue weighted by Gasteiger charge is -2.18. The third-order valence-corrected chi connectivity index (χ3v) is 3.05. The van der Waals surface area contributed by atoms with Crippen LogP contribution in [0.25, 0.3) is 0 Å². The summed E-state index contributed by atoms with van der Waals surface area (Å²) in [6.07, 6.45) is 0.329. The molecule has 3 nitrogen and oxygen atoms in total. The Morgan fingerprint density at radius 1 is 1.05 bits per heavy atom. The molecular weight excluding hydrogens is 238 g/mol. The van der Waals surface area contributed by atoms with Crippen molar-refractivity contribution in [1.82, 2.24) is 0 Å². The number of anilines is 1. The van der Waals surface area contributed by atoms with Gasteiger partial charge in [-0.25, -0.2) is 0 Å². The van der Waals surface area contributed by atoms with Crippen LogP contribution in [0.4, 0.5) is 5.69 Å². The second-order valence-corrected chi connectivity index (χ2v) is 4.28. The SMILES string of the molecule is COc1ccccc1CC(=O)N(C)c1ccccc1. The Hall–Kier alpha value is -2.29. The van der Waals surface area contributed by atoms with Crippen molar-refractivity contribution in [3.8, 4) is 5.75 Å². The van der Waals surface area contributed by atoms with E-state index in [4.69, 9.17) is 4.74 Å². The van der Waals surface area contributed by atoms with Crippen LogP contribution in [-0.2, 0) is 11.2 Å². The normalized spacial score (nSPS) is 10.0. The summed E-state index contributed by atoms with van der Waals surface area (Å²) in [6, 6.07) is 17.2. The highest BCUT2D eigenvalue weighted by atomic mass is 16.5. The molecule has 0 saturated carbocycles. The van der Waals surface area contributed by atoms with Gasteiger partial charge in [0.2, 0.25) is 5.91 Å². The first-order valence-corrected chi connectivity index (χ1v) is 6.16. The molecule has 1 amide bonds. The minimum Gasteiger partial charge on any atom is -0.496 e. The predicted molar refractivity (Wildman–Crippen MR) is 76.6 cm³/mol. The summed E-state index contributed by atoms with van der Waals surface area (Å²) < 4.78 is 5.26. The highest BCUT2D eigenvalue weighted by Gasteiger charge is 2.13. The Balaban J connectivity index is 2.13. The Kier molecular flexibility index (Phi) is 4.18. The lowest BCUT2D eigenvalue weighted by Crippen LogP contribution is -2.27. The van der Waals surface area contributed by atoms with Crippen LogP contribution in [0.1, 0.15) is 5.56 Å². The van der Waals surface area contributed by atoms with Crippen molar-refractivity contribution in [2.75, 3.05) is 19.1 Å². The topological polar surface area (TPSA) is 29.5 Å². The third kappa shape index (κ3) is 3.13. The molecule has 0 aromatic heterocycles. The van der Waals surface area contributed by atoms with Gasteiger partial charge in [-0.2, -0.15) is 0 Å². The maximum atomic E-state index is 12.3. The van der Waals surface area contributed by atoms with E-state index in [1.54, 1.807) is 19.1 Å². The maximum absolute atomic E-state index is 12.3. The molecule has 0 spiro atoms. The molecule has 0 atom stereocenters. The van der Waals surface area contributed by atoms with Crippen LogP contribution in [0.2, 0.25) is 0 Å². The minimum absolute atomic E-state index is 0.0377. The highest BCUT2D eigenvalue weighted by Crippen LogP contribution is 2.20. The van der Waals surface area contributed by atoms with E-state index in [0.717, 1.165) is 17.0 Å². The van der Waals surface area contributed by atoms with E-state index in [1.165, 1.54) is 0 Å². The Morgan fingerprint density at radius 2 is 1.68 bits per heavy atom. The molecule has 0 heterocycles. The zero-order valence-electron chi connectivity index (χ0n) is 11.2. The molecule has 2 aromatic rings. The molecule has 19 heavy (non-hydrogen) atoms. The highest BCUT2D eigenvalue weighted by molar-refractivity contribution is 5.94. The second kappa shape index (κ2) is 6.05. The number of para-hydroxylation sites is 2. The smallest absolute Gasteiger partial charge is 0.231 e. The number of likely N-dealkylation sites (N-methyl/N-ethyl adjacent to an activating group) is 1. The van der Waals surface area contributed by atoms with E-state index in [0.29, 0.717) is 6.42 Å². The van der Waals surface area contributed by atoms with Gasteiger partial charge in [0, 0.05) is 18.3 Å². The van der Waals surface area contributed by atoms with Crippen LogP contribution in [0.15, 0.2) is 54.6 Å². The molecule has 3 heteroatoms. The Bertz CT molecular complexity index is 552. The summed E-state index contributed by atoms with van der Waals surface area (Å²) in [5.41, 5.74) is 1.79. The van der Waals surface area contributed by atoms with E-state index < -0.39 is 0 Å². The van der Waals surface area contributed by atoms with Gasteiger partial charge in [0.25, 0.3) is 0 Å². The van der Waals surface area contributed by atoms with Gasteiger partial charge < -0.3 is 9.64 Å². The summed E-state index contributed by atoms with van der Waals surface area (Å²) in [4.78, 5) is 13.9. The van der Waals surface area contributed by atoms with Crippen molar-refractivity contribution in [2.24, 2.45) is 0 Å². The number of ether oxygens (including phenoxy) is 1. The van der Waals surface area contributed by atoms with Crippen molar-refractivity contribution in [3.63, 3.8) is 0 Å². The van der Waals surface area contributed by atoms with E-state index in [-0.39, 0.29) is 5.91 Å². The summed E-state index contributed by atoms with van der Waals surface area (Å²) >= 11 is 0. The lowest BCUT2D eigenvalue weighted by molar-refractivity contribution is -0.117. The van der Waals surface area contributed by atoms with Crippen LogP contribution >= 0.6 is 0 Å². The Morgan fingerprint density at radius 3 is 2.37 bits per heavy atom. The number of nitrogens with zero attached hydrogens (tertiary/aromatic N) is 1. The van der Waals surface area contributed by atoms with Gasteiger partial charge in [0.15, 0.2) is 0 Å². The molecular formula is C16H17NO2. The lowest BCUT2D eigenvalue weighted by atomic mass is 10.1. The van der Waals surface area contributed by atoms with Gasteiger partial charge in [-0.05, 0) is 18.2 Å². The number of hydrogen-bond acceptors (Lipinski definition) is 2. The average molecular weight is 255 g/mol. The summed E-state index contributed by atoms with van der Waals surface area (Å²) in [7, 11) is 3.40. The fourth-order valence-electron chi connectivity index (χ4n) is 1.93. The van der Waals surface area contributed by atoms with Crippen LogP contribution in [0.5, 0.6) is 5.75 Å². The van der Waals surface area contributed by atoms with Crippen LogP contribution in [0.3, 0.4) is 0 Å². The van der Waals surface area contributed by atoms with E-state index in [2.05, 4.69) is 0 Å². The molecule has 0 saturated heterocycles. The number of carbonyl (C=O) groups excluding carboxylic acids is 1. The molecule has 0 radical (unpaired) electrons. The Labute approximate surface area is 113 Å². The quantitative estimate of drug-likeness (QED) is 0.840. The number of methoxy groups -OCH3 is 1. The molecule has 0 aliphatic rings. The van der Waals surface area contributed by atoms with Crippen molar-refractivity contribution < 1.29 is 9.53 Å². The summed E-state index contributed by atoms with van der Waals surface area (Å²) in [6.45, 7) is 0. The fourth-order valence-corrected chi connectivity index (χ4v) is 1.93. The molecule has 2 rings (SSSR count). The zero-order valence-corrected chi connectivity index (χ0v) is 11.2. The van der Waals surface area contributed by atoms with Crippen LogP contribution in [0, 0.1) is 0 Å². The second-order valence-electron chi connectivity index (χ2n) is 4.28. The maximum Gasteiger partial charge on any atom is 0.231 e. The van der Waals surface area contributed by atoms with Gasteiger partial charge in [0.1, 0.15) is 5.75 Å². The van der Waals surface area contributed by atoms with Crippen molar-refractivity contribution in [3.05, 3.63) is 60.2 Å². The molecule has 0 fully saturated rings.